The van der Waals surface area contributed by atoms with Gasteiger partial charge in [0.25, 0.3) is 0 Å². The summed E-state index contributed by atoms with van der Waals surface area (Å²) in [6.45, 7) is 2.84. The molecule has 65 heavy (non-hydrogen) atoms. The molecular formula is C51H99NO13. The molecule has 1 amide bonds. The van der Waals surface area contributed by atoms with E-state index < -0.39 is 86.8 Å². The molecule has 9 N–H and O–H groups in total. The summed E-state index contributed by atoms with van der Waals surface area (Å²) in [5, 5.41) is 86.8. The maximum Gasteiger partial charge on any atom is 0.220 e. The Morgan fingerprint density at radius 1 is 0.492 bits per heavy atom. The van der Waals surface area contributed by atoms with Crippen molar-refractivity contribution < 1.29 is 64.6 Å². The Labute approximate surface area is 393 Å². The van der Waals surface area contributed by atoms with Gasteiger partial charge in [0.2, 0.25) is 5.91 Å². The maximum absolute atomic E-state index is 13.2. The molecule has 0 aliphatic carbocycles. The van der Waals surface area contributed by atoms with E-state index in [1.54, 1.807) is 0 Å². The van der Waals surface area contributed by atoms with Crippen molar-refractivity contribution in [2.45, 2.75) is 299 Å². The van der Waals surface area contributed by atoms with E-state index in [0.717, 1.165) is 51.4 Å². The van der Waals surface area contributed by atoms with Gasteiger partial charge in [0.1, 0.15) is 48.8 Å². The Bertz CT molecular complexity index is 1100. The van der Waals surface area contributed by atoms with Crippen molar-refractivity contribution in [1.29, 1.82) is 0 Å². The summed E-state index contributed by atoms with van der Waals surface area (Å²) in [5.74, 6) is -0.204. The molecule has 386 valence electrons. The normalized spacial score (nSPS) is 26.9. The Morgan fingerprint density at radius 3 is 1.31 bits per heavy atom. The lowest BCUT2D eigenvalue weighted by molar-refractivity contribution is -0.359. The number of hydrogen-bond acceptors (Lipinski definition) is 13. The van der Waals surface area contributed by atoms with Crippen molar-refractivity contribution in [3.63, 3.8) is 0 Å². The molecule has 0 aromatic heterocycles. The van der Waals surface area contributed by atoms with Crippen LogP contribution in [-0.4, -0.2) is 140 Å². The Hall–Kier alpha value is -1.01. The van der Waals surface area contributed by atoms with E-state index in [2.05, 4.69) is 19.2 Å². The van der Waals surface area contributed by atoms with Crippen LogP contribution in [0.5, 0.6) is 0 Å². The molecule has 2 heterocycles. The van der Waals surface area contributed by atoms with E-state index in [1.165, 1.54) is 148 Å². The van der Waals surface area contributed by atoms with Crippen LogP contribution in [0, 0.1) is 0 Å². The highest BCUT2D eigenvalue weighted by molar-refractivity contribution is 5.76. The fraction of sp³-hybridized carbons (Fsp3) is 0.980. The zero-order valence-electron chi connectivity index (χ0n) is 41.0. The third-order valence-electron chi connectivity index (χ3n) is 13.6. The first kappa shape index (κ1) is 60.1. The van der Waals surface area contributed by atoms with Gasteiger partial charge in [-0.25, -0.2) is 0 Å². The van der Waals surface area contributed by atoms with Crippen LogP contribution in [0.25, 0.3) is 0 Å². The summed E-state index contributed by atoms with van der Waals surface area (Å²) < 4.78 is 22.7. The fourth-order valence-corrected chi connectivity index (χ4v) is 9.18. The summed E-state index contributed by atoms with van der Waals surface area (Å²) in [6, 6.07) is -0.820. The van der Waals surface area contributed by atoms with Gasteiger partial charge in [-0.3, -0.25) is 4.79 Å². The Morgan fingerprint density at radius 2 is 0.877 bits per heavy atom. The second-order valence-electron chi connectivity index (χ2n) is 19.4. The minimum Gasteiger partial charge on any atom is -0.394 e. The zero-order chi connectivity index (χ0) is 47.5. The fourth-order valence-electron chi connectivity index (χ4n) is 9.18. The van der Waals surface area contributed by atoms with Crippen molar-refractivity contribution >= 4 is 5.91 Å². The molecule has 2 fully saturated rings. The quantitative estimate of drug-likeness (QED) is 0.0273. The first-order valence-electron chi connectivity index (χ1n) is 26.8. The highest BCUT2D eigenvalue weighted by atomic mass is 16.7. The third-order valence-corrected chi connectivity index (χ3v) is 13.6. The van der Waals surface area contributed by atoms with Gasteiger partial charge in [-0.05, 0) is 12.8 Å². The molecule has 2 rings (SSSR count). The van der Waals surface area contributed by atoms with Gasteiger partial charge in [-0.2, -0.15) is 0 Å². The predicted octanol–water partition coefficient (Wildman–Crippen LogP) is 7.39. The molecule has 12 unspecified atom stereocenters. The molecule has 2 aliphatic heterocycles. The third kappa shape index (κ3) is 26.0. The van der Waals surface area contributed by atoms with Gasteiger partial charge in [-0.1, -0.05) is 206 Å². The number of hydrogen-bond donors (Lipinski definition) is 9. The molecule has 14 nitrogen and oxygen atoms in total. The predicted molar refractivity (Wildman–Crippen MR) is 254 cm³/mol. The van der Waals surface area contributed by atoms with E-state index in [-0.39, 0.29) is 12.5 Å². The van der Waals surface area contributed by atoms with Crippen LogP contribution in [0.3, 0.4) is 0 Å². The Kier molecular flexibility index (Phi) is 35.9. The van der Waals surface area contributed by atoms with Crippen LogP contribution in [-0.2, 0) is 23.7 Å². The number of amides is 1. The average molecular weight is 934 g/mol. The summed E-state index contributed by atoms with van der Waals surface area (Å²) >= 11 is 0. The van der Waals surface area contributed by atoms with Crippen molar-refractivity contribution in [2.75, 3.05) is 19.8 Å². The number of carbonyl (C=O) groups excluding carboxylic acids is 1. The van der Waals surface area contributed by atoms with E-state index in [9.17, 15) is 45.6 Å². The summed E-state index contributed by atoms with van der Waals surface area (Å²) in [7, 11) is 0. The molecule has 0 spiro atoms. The zero-order valence-corrected chi connectivity index (χ0v) is 41.0. The highest BCUT2D eigenvalue weighted by Crippen LogP contribution is 2.30. The summed E-state index contributed by atoms with van der Waals surface area (Å²) in [5.41, 5.74) is 0. The van der Waals surface area contributed by atoms with Crippen LogP contribution in [0.4, 0.5) is 0 Å². The van der Waals surface area contributed by atoms with Crippen LogP contribution < -0.4 is 5.32 Å². The molecule has 14 heteroatoms. The SMILES string of the molecule is CCCCCCCCCCCCCCCCCCCCCCCCC(=O)NC(COC1OC(CO)C(OC2OC(CO)C(O)C(O)C2O)C(O)C1O)C(O)CCCCCCCCCCC. The van der Waals surface area contributed by atoms with Gasteiger partial charge < -0.3 is 65.1 Å². The summed E-state index contributed by atoms with van der Waals surface area (Å²) in [4.78, 5) is 13.2. The topological polar surface area (TPSA) is 228 Å². The lowest BCUT2D eigenvalue weighted by Crippen LogP contribution is -2.65. The standard InChI is InChI=1S/C51H99NO13/c1-3-5-7-9-11-13-14-15-16-17-18-19-20-21-22-23-24-25-27-29-31-33-35-43(56)52-39(40(55)34-32-30-28-26-12-10-8-6-4-2)38-62-50-48(61)46(59)49(42(37-54)64-50)65-51-47(60)45(58)44(57)41(36-53)63-51/h39-42,44-51,53-55,57-61H,3-38H2,1-2H3,(H,52,56). The molecular weight excluding hydrogens is 835 g/mol. The molecule has 0 saturated carbocycles. The van der Waals surface area contributed by atoms with Crippen LogP contribution >= 0.6 is 0 Å². The average Bonchev–Trinajstić information content (AvgIpc) is 3.30. The second kappa shape index (κ2) is 38.8. The van der Waals surface area contributed by atoms with E-state index >= 15 is 0 Å². The van der Waals surface area contributed by atoms with Gasteiger partial charge in [-0.15, -0.1) is 0 Å². The smallest absolute Gasteiger partial charge is 0.220 e. The number of nitrogens with one attached hydrogen (secondary N) is 1. The van der Waals surface area contributed by atoms with Gasteiger partial charge in [0.15, 0.2) is 12.6 Å². The molecule has 0 aromatic carbocycles. The van der Waals surface area contributed by atoms with Crippen LogP contribution in [0.15, 0.2) is 0 Å². The van der Waals surface area contributed by atoms with Gasteiger partial charge in [0.05, 0.1) is 32.0 Å². The highest BCUT2D eigenvalue weighted by Gasteiger charge is 2.51. The molecule has 0 aromatic rings. The number of ether oxygens (including phenoxy) is 4. The Balaban J connectivity index is 1.72. The van der Waals surface area contributed by atoms with E-state index in [0.29, 0.717) is 12.8 Å². The molecule has 2 aliphatic rings. The van der Waals surface area contributed by atoms with E-state index in [4.69, 9.17) is 18.9 Å². The second-order valence-corrected chi connectivity index (χ2v) is 19.4. The summed E-state index contributed by atoms with van der Waals surface area (Å²) in [6.07, 6.45) is 22.7. The number of aliphatic hydroxyl groups is 8. The van der Waals surface area contributed by atoms with Crippen molar-refractivity contribution in [1.82, 2.24) is 5.32 Å². The lowest BCUT2D eigenvalue weighted by Gasteiger charge is -2.46. The van der Waals surface area contributed by atoms with Crippen molar-refractivity contribution in [3.05, 3.63) is 0 Å². The molecule has 2 saturated heterocycles. The first-order valence-corrected chi connectivity index (χ1v) is 26.8. The number of carbonyl (C=O) groups is 1. The lowest BCUT2D eigenvalue weighted by atomic mass is 9.97. The van der Waals surface area contributed by atoms with Crippen molar-refractivity contribution in [2.24, 2.45) is 0 Å². The number of aliphatic hydroxyl groups excluding tert-OH is 8. The first-order chi connectivity index (χ1) is 31.6. The van der Waals surface area contributed by atoms with Gasteiger partial charge in [0, 0.05) is 6.42 Å². The van der Waals surface area contributed by atoms with E-state index in [1.807, 2.05) is 0 Å². The monoisotopic (exact) mass is 934 g/mol. The molecule has 12 atom stereocenters. The number of rotatable bonds is 42. The largest absolute Gasteiger partial charge is 0.394 e. The molecule has 0 bridgehead atoms. The van der Waals surface area contributed by atoms with Gasteiger partial charge >= 0.3 is 0 Å². The van der Waals surface area contributed by atoms with Crippen molar-refractivity contribution in [3.8, 4) is 0 Å². The van der Waals surface area contributed by atoms with Crippen LogP contribution in [0.1, 0.15) is 226 Å². The minimum absolute atomic E-state index is 0.204. The maximum atomic E-state index is 13.2. The molecule has 0 radical (unpaired) electrons. The number of unbranched alkanes of at least 4 members (excludes halogenated alkanes) is 29. The minimum atomic E-state index is -1.78. The van der Waals surface area contributed by atoms with Crippen LogP contribution in [0.2, 0.25) is 0 Å².